The predicted octanol–water partition coefficient (Wildman–Crippen LogP) is 2.89. The zero-order valence-corrected chi connectivity index (χ0v) is 10.7. The Morgan fingerprint density at radius 3 is 2.94 bits per heavy atom. The van der Waals surface area contributed by atoms with Gasteiger partial charge in [-0.3, -0.25) is 0 Å². The van der Waals surface area contributed by atoms with Crippen LogP contribution in [0, 0.1) is 6.92 Å². The van der Waals surface area contributed by atoms with Crippen molar-refractivity contribution in [2.45, 2.75) is 6.92 Å². The zero-order valence-electron chi connectivity index (χ0n) is 9.13. The highest BCUT2D eigenvalue weighted by Crippen LogP contribution is 2.20. The summed E-state index contributed by atoms with van der Waals surface area (Å²) in [7, 11) is 0. The Labute approximate surface area is 106 Å². The number of hydrogen-bond donors (Lipinski definition) is 0. The summed E-state index contributed by atoms with van der Waals surface area (Å²) in [5.41, 5.74) is 1.92. The third-order valence-corrected chi connectivity index (χ3v) is 3.00. The van der Waals surface area contributed by atoms with Crippen molar-refractivity contribution in [3.05, 3.63) is 46.8 Å². The number of fused-ring (bicyclic) bond motifs is 1. The number of nitrogens with zero attached hydrogens (tertiary/aromatic N) is 4. The normalized spacial score (nSPS) is 10.9. The number of hydrogen-bond acceptors (Lipinski definition) is 3. The second-order valence-corrected chi connectivity index (χ2v) is 4.67. The van der Waals surface area contributed by atoms with E-state index >= 15 is 0 Å². The van der Waals surface area contributed by atoms with Crippen molar-refractivity contribution in [2.75, 3.05) is 0 Å². The first-order chi connectivity index (χ1) is 8.24. The van der Waals surface area contributed by atoms with Gasteiger partial charge in [-0.25, -0.2) is 9.97 Å². The fourth-order valence-corrected chi connectivity index (χ4v) is 2.04. The zero-order chi connectivity index (χ0) is 11.8. The minimum absolute atomic E-state index is 0.595. The Morgan fingerprint density at radius 2 is 2.12 bits per heavy atom. The molecule has 0 unspecified atom stereocenters. The summed E-state index contributed by atoms with van der Waals surface area (Å²) in [4.78, 5) is 8.61. The van der Waals surface area contributed by atoms with Crippen LogP contribution in [0.4, 0.5) is 0 Å². The van der Waals surface area contributed by atoms with Gasteiger partial charge >= 0.3 is 0 Å². The Balaban J connectivity index is 2.27. The first kappa shape index (κ1) is 10.4. The van der Waals surface area contributed by atoms with Crippen molar-refractivity contribution in [3.63, 3.8) is 0 Å². The molecule has 0 spiro atoms. The molecule has 0 aliphatic carbocycles. The molecule has 17 heavy (non-hydrogen) atoms. The SMILES string of the molecule is Cc1ccnc(-n2ncc3ccc(Br)cc32)n1. The maximum atomic E-state index is 4.37. The lowest BCUT2D eigenvalue weighted by Crippen LogP contribution is -2.02. The summed E-state index contributed by atoms with van der Waals surface area (Å²) < 4.78 is 2.76. The molecule has 1 aromatic carbocycles. The molecule has 0 amide bonds. The molecule has 0 aliphatic heterocycles. The van der Waals surface area contributed by atoms with Crippen LogP contribution in [0.1, 0.15) is 5.69 Å². The number of aromatic nitrogens is 4. The molecular formula is C12H9BrN4. The monoisotopic (exact) mass is 288 g/mol. The summed E-state index contributed by atoms with van der Waals surface area (Å²) in [6.07, 6.45) is 3.55. The summed E-state index contributed by atoms with van der Waals surface area (Å²) in [6.45, 7) is 1.94. The molecule has 0 aliphatic rings. The molecule has 2 heterocycles. The Kier molecular flexibility index (Phi) is 2.40. The average molecular weight is 289 g/mol. The van der Waals surface area contributed by atoms with Crippen LogP contribution in [0.25, 0.3) is 16.9 Å². The number of halogens is 1. The molecule has 0 radical (unpaired) electrons. The van der Waals surface area contributed by atoms with Crippen molar-refractivity contribution in [1.82, 2.24) is 19.7 Å². The minimum atomic E-state index is 0.595. The highest BCUT2D eigenvalue weighted by molar-refractivity contribution is 9.10. The molecule has 84 valence electrons. The molecule has 3 aromatic rings. The Bertz CT molecular complexity index is 690. The maximum absolute atomic E-state index is 4.37. The van der Waals surface area contributed by atoms with Crippen LogP contribution in [0.3, 0.4) is 0 Å². The van der Waals surface area contributed by atoms with Gasteiger partial charge in [0.15, 0.2) is 0 Å². The number of benzene rings is 1. The molecule has 0 saturated carbocycles. The van der Waals surface area contributed by atoms with Gasteiger partial charge in [0.05, 0.1) is 11.7 Å². The molecule has 0 atom stereocenters. The van der Waals surface area contributed by atoms with Crippen LogP contribution < -0.4 is 0 Å². The molecule has 4 nitrogen and oxygen atoms in total. The predicted molar refractivity (Wildman–Crippen MR) is 69.1 cm³/mol. The Morgan fingerprint density at radius 1 is 1.24 bits per heavy atom. The summed E-state index contributed by atoms with van der Waals surface area (Å²) in [6, 6.07) is 7.88. The van der Waals surface area contributed by atoms with E-state index in [1.54, 1.807) is 10.9 Å². The third-order valence-electron chi connectivity index (χ3n) is 2.50. The standard InChI is InChI=1S/C12H9BrN4/c1-8-4-5-14-12(16-8)17-11-6-10(13)3-2-9(11)7-15-17/h2-7H,1H3. The molecule has 3 rings (SSSR count). The molecular weight excluding hydrogens is 280 g/mol. The van der Waals surface area contributed by atoms with Crippen LogP contribution in [0.2, 0.25) is 0 Å². The Hall–Kier alpha value is -1.75. The van der Waals surface area contributed by atoms with Crippen molar-refractivity contribution < 1.29 is 0 Å². The van der Waals surface area contributed by atoms with Gasteiger partial charge in [-0.05, 0) is 25.1 Å². The van der Waals surface area contributed by atoms with Crippen LogP contribution >= 0.6 is 15.9 Å². The van der Waals surface area contributed by atoms with E-state index in [1.807, 2.05) is 37.4 Å². The summed E-state index contributed by atoms with van der Waals surface area (Å²) in [5, 5.41) is 5.39. The van der Waals surface area contributed by atoms with Crippen LogP contribution in [0.5, 0.6) is 0 Å². The van der Waals surface area contributed by atoms with E-state index in [2.05, 4.69) is 31.0 Å². The van der Waals surface area contributed by atoms with E-state index in [0.717, 1.165) is 21.1 Å². The van der Waals surface area contributed by atoms with Crippen molar-refractivity contribution in [1.29, 1.82) is 0 Å². The maximum Gasteiger partial charge on any atom is 0.251 e. The quantitative estimate of drug-likeness (QED) is 0.692. The first-order valence-electron chi connectivity index (χ1n) is 5.17. The minimum Gasteiger partial charge on any atom is -0.220 e. The second kappa shape index (κ2) is 3.92. The van der Waals surface area contributed by atoms with Crippen LogP contribution in [-0.2, 0) is 0 Å². The molecule has 0 saturated heterocycles. The molecule has 5 heteroatoms. The van der Waals surface area contributed by atoms with E-state index in [4.69, 9.17) is 0 Å². The van der Waals surface area contributed by atoms with Gasteiger partial charge in [0.1, 0.15) is 0 Å². The lowest BCUT2D eigenvalue weighted by molar-refractivity contribution is 0.824. The van der Waals surface area contributed by atoms with Gasteiger partial charge in [-0.2, -0.15) is 9.78 Å². The molecule has 0 fully saturated rings. The van der Waals surface area contributed by atoms with Crippen LogP contribution in [0.15, 0.2) is 41.1 Å². The van der Waals surface area contributed by atoms with Gasteiger partial charge in [0, 0.05) is 21.7 Å². The first-order valence-corrected chi connectivity index (χ1v) is 5.97. The van der Waals surface area contributed by atoms with E-state index in [9.17, 15) is 0 Å². The van der Waals surface area contributed by atoms with Crippen molar-refractivity contribution in [2.24, 2.45) is 0 Å². The highest BCUT2D eigenvalue weighted by Gasteiger charge is 2.07. The second-order valence-electron chi connectivity index (χ2n) is 3.76. The van der Waals surface area contributed by atoms with Gasteiger partial charge in [-0.1, -0.05) is 22.0 Å². The lowest BCUT2D eigenvalue weighted by Gasteiger charge is -2.02. The largest absolute Gasteiger partial charge is 0.251 e. The van der Waals surface area contributed by atoms with Gasteiger partial charge < -0.3 is 0 Å². The van der Waals surface area contributed by atoms with Crippen molar-refractivity contribution >= 4 is 26.8 Å². The van der Waals surface area contributed by atoms with Crippen LogP contribution in [-0.4, -0.2) is 19.7 Å². The van der Waals surface area contributed by atoms with Crippen molar-refractivity contribution in [3.8, 4) is 5.95 Å². The summed E-state index contributed by atoms with van der Waals surface area (Å²) in [5.74, 6) is 0.595. The molecule has 0 bridgehead atoms. The summed E-state index contributed by atoms with van der Waals surface area (Å²) >= 11 is 3.46. The fraction of sp³-hybridized carbons (Fsp3) is 0.0833. The van der Waals surface area contributed by atoms with E-state index in [-0.39, 0.29) is 0 Å². The van der Waals surface area contributed by atoms with Gasteiger partial charge in [0.25, 0.3) is 5.95 Å². The molecule has 2 aromatic heterocycles. The smallest absolute Gasteiger partial charge is 0.220 e. The number of aryl methyl sites for hydroxylation is 1. The fourth-order valence-electron chi connectivity index (χ4n) is 1.69. The van der Waals surface area contributed by atoms with Gasteiger partial charge in [-0.15, -0.1) is 0 Å². The van der Waals surface area contributed by atoms with E-state index in [0.29, 0.717) is 5.95 Å². The third kappa shape index (κ3) is 1.82. The van der Waals surface area contributed by atoms with E-state index < -0.39 is 0 Å². The molecule has 0 N–H and O–H groups in total. The number of rotatable bonds is 1. The average Bonchev–Trinajstić information content (AvgIpc) is 2.71. The lowest BCUT2D eigenvalue weighted by atomic mass is 10.3. The van der Waals surface area contributed by atoms with E-state index in [1.165, 1.54) is 0 Å². The topological polar surface area (TPSA) is 43.6 Å². The highest BCUT2D eigenvalue weighted by atomic mass is 79.9. The van der Waals surface area contributed by atoms with Gasteiger partial charge in [0.2, 0.25) is 0 Å².